The molecule has 0 saturated carbocycles. The lowest BCUT2D eigenvalue weighted by Gasteiger charge is -2.36. The zero-order chi connectivity index (χ0) is 14.7. The maximum atomic E-state index is 13.2. The molecule has 1 saturated heterocycles. The van der Waals surface area contributed by atoms with Crippen LogP contribution in [0.5, 0.6) is 0 Å². The highest BCUT2D eigenvalue weighted by atomic mass is 19.1. The molecule has 0 amide bonds. The van der Waals surface area contributed by atoms with Crippen molar-refractivity contribution in [3.8, 4) is 0 Å². The molecule has 0 bridgehead atoms. The molecule has 0 atom stereocenters. The number of halogens is 1. The van der Waals surface area contributed by atoms with E-state index in [-0.39, 0.29) is 12.4 Å². The molecule has 0 spiro atoms. The molecule has 0 radical (unpaired) electrons. The van der Waals surface area contributed by atoms with Gasteiger partial charge in [0.05, 0.1) is 6.61 Å². The van der Waals surface area contributed by atoms with E-state index in [9.17, 15) is 9.50 Å². The minimum Gasteiger partial charge on any atom is -0.392 e. The molecule has 0 unspecified atom stereocenters. The number of aliphatic hydroxyl groups excluding tert-OH is 1. The van der Waals surface area contributed by atoms with Crippen LogP contribution in [0.25, 0.3) is 0 Å². The number of aliphatic hydroxyl groups is 1. The first-order valence-electron chi connectivity index (χ1n) is 6.94. The van der Waals surface area contributed by atoms with Crippen molar-refractivity contribution in [2.45, 2.75) is 6.61 Å². The van der Waals surface area contributed by atoms with Crippen molar-refractivity contribution in [2.24, 2.45) is 0 Å². The standard InChI is InChI=1S/C15H17FN4O/c16-13-2-3-14(12(10-13)11-21)19-6-8-20(9-7-19)15-17-4-1-5-18-15/h1-5,10,21H,6-9,11H2. The Kier molecular flexibility index (Phi) is 3.96. The number of nitrogens with zero attached hydrogens (tertiary/aromatic N) is 4. The summed E-state index contributed by atoms with van der Waals surface area (Å²) in [4.78, 5) is 12.8. The number of benzene rings is 1. The van der Waals surface area contributed by atoms with Crippen LogP contribution in [0.4, 0.5) is 16.0 Å². The van der Waals surface area contributed by atoms with Gasteiger partial charge in [0.1, 0.15) is 5.82 Å². The molecule has 2 aromatic rings. The van der Waals surface area contributed by atoms with Crippen molar-refractivity contribution in [3.05, 3.63) is 48.0 Å². The fourth-order valence-electron chi connectivity index (χ4n) is 2.59. The van der Waals surface area contributed by atoms with Gasteiger partial charge < -0.3 is 14.9 Å². The van der Waals surface area contributed by atoms with Crippen LogP contribution < -0.4 is 9.80 Å². The Morgan fingerprint density at radius 1 is 1.05 bits per heavy atom. The predicted molar refractivity (Wildman–Crippen MR) is 78.8 cm³/mol. The minimum atomic E-state index is -0.320. The van der Waals surface area contributed by atoms with Crippen molar-refractivity contribution >= 4 is 11.6 Å². The maximum absolute atomic E-state index is 13.2. The summed E-state index contributed by atoms with van der Waals surface area (Å²) >= 11 is 0. The molecule has 6 heteroatoms. The molecule has 1 aliphatic rings. The quantitative estimate of drug-likeness (QED) is 0.926. The van der Waals surface area contributed by atoms with Gasteiger partial charge >= 0.3 is 0 Å². The van der Waals surface area contributed by atoms with Crippen LogP contribution >= 0.6 is 0 Å². The van der Waals surface area contributed by atoms with Gasteiger partial charge in [0.15, 0.2) is 0 Å². The SMILES string of the molecule is OCc1cc(F)ccc1N1CCN(c2ncccn2)CC1. The van der Waals surface area contributed by atoms with Gasteiger partial charge in [-0.2, -0.15) is 0 Å². The first-order chi connectivity index (χ1) is 10.3. The summed E-state index contributed by atoms with van der Waals surface area (Å²) in [5.41, 5.74) is 1.52. The van der Waals surface area contributed by atoms with Crippen LogP contribution in [0.3, 0.4) is 0 Å². The van der Waals surface area contributed by atoms with Gasteiger partial charge in [-0.05, 0) is 24.3 Å². The van der Waals surface area contributed by atoms with E-state index in [0.717, 1.165) is 37.8 Å². The van der Waals surface area contributed by atoms with Crippen LogP contribution in [0, 0.1) is 5.82 Å². The molecule has 2 heterocycles. The normalized spacial score (nSPS) is 15.3. The lowest BCUT2D eigenvalue weighted by atomic mass is 10.1. The number of rotatable bonds is 3. The van der Waals surface area contributed by atoms with Crippen molar-refractivity contribution in [1.82, 2.24) is 9.97 Å². The summed E-state index contributed by atoms with van der Waals surface area (Å²) in [6, 6.07) is 6.35. The van der Waals surface area contributed by atoms with Crippen molar-refractivity contribution < 1.29 is 9.50 Å². The molecule has 3 rings (SSSR count). The van der Waals surface area contributed by atoms with E-state index in [0.29, 0.717) is 5.56 Å². The highest BCUT2D eigenvalue weighted by molar-refractivity contribution is 5.55. The summed E-state index contributed by atoms with van der Waals surface area (Å²) in [6.07, 6.45) is 3.47. The van der Waals surface area contributed by atoms with Gasteiger partial charge in [-0.15, -0.1) is 0 Å². The second-order valence-electron chi connectivity index (χ2n) is 4.95. The van der Waals surface area contributed by atoms with Gasteiger partial charge in [-0.3, -0.25) is 0 Å². The smallest absolute Gasteiger partial charge is 0.225 e. The number of aromatic nitrogens is 2. The van der Waals surface area contributed by atoms with E-state index < -0.39 is 0 Å². The van der Waals surface area contributed by atoms with Crippen LogP contribution in [0.2, 0.25) is 0 Å². The highest BCUT2D eigenvalue weighted by Gasteiger charge is 2.20. The third-order valence-electron chi connectivity index (χ3n) is 3.67. The van der Waals surface area contributed by atoms with E-state index in [2.05, 4.69) is 19.8 Å². The molecule has 0 aliphatic carbocycles. The molecule has 1 aliphatic heterocycles. The third kappa shape index (κ3) is 2.95. The van der Waals surface area contributed by atoms with Crippen LogP contribution in [0.15, 0.2) is 36.7 Å². The summed E-state index contributed by atoms with van der Waals surface area (Å²) in [6.45, 7) is 3.02. The average molecular weight is 288 g/mol. The molecule has 1 aromatic carbocycles. The van der Waals surface area contributed by atoms with Crippen LogP contribution in [-0.2, 0) is 6.61 Å². The summed E-state index contributed by atoms with van der Waals surface area (Å²) in [5.74, 6) is 0.415. The summed E-state index contributed by atoms with van der Waals surface area (Å²) in [7, 11) is 0. The van der Waals surface area contributed by atoms with Crippen molar-refractivity contribution in [3.63, 3.8) is 0 Å². The summed E-state index contributed by atoms with van der Waals surface area (Å²) < 4.78 is 13.2. The van der Waals surface area contributed by atoms with Crippen LogP contribution in [0.1, 0.15) is 5.56 Å². The number of hydrogen-bond donors (Lipinski definition) is 1. The Bertz CT molecular complexity index is 600. The number of piperazine rings is 1. The molecule has 1 N–H and O–H groups in total. The molecular weight excluding hydrogens is 271 g/mol. The second kappa shape index (κ2) is 6.05. The Labute approximate surface area is 122 Å². The number of hydrogen-bond acceptors (Lipinski definition) is 5. The lowest BCUT2D eigenvalue weighted by molar-refractivity contribution is 0.281. The monoisotopic (exact) mass is 288 g/mol. The Morgan fingerprint density at radius 2 is 1.71 bits per heavy atom. The van der Waals surface area contributed by atoms with Gasteiger partial charge in [0.2, 0.25) is 5.95 Å². The fourth-order valence-corrected chi connectivity index (χ4v) is 2.59. The second-order valence-corrected chi connectivity index (χ2v) is 4.95. The number of anilines is 2. The molecule has 1 aromatic heterocycles. The Morgan fingerprint density at radius 3 is 2.38 bits per heavy atom. The van der Waals surface area contributed by atoms with Crippen LogP contribution in [-0.4, -0.2) is 41.3 Å². The highest BCUT2D eigenvalue weighted by Crippen LogP contribution is 2.23. The van der Waals surface area contributed by atoms with E-state index in [1.54, 1.807) is 24.5 Å². The minimum absolute atomic E-state index is 0.158. The van der Waals surface area contributed by atoms with Gasteiger partial charge in [0.25, 0.3) is 0 Å². The van der Waals surface area contributed by atoms with E-state index in [4.69, 9.17) is 0 Å². The maximum Gasteiger partial charge on any atom is 0.225 e. The van der Waals surface area contributed by atoms with E-state index in [1.807, 2.05) is 0 Å². The Hall–Kier alpha value is -2.21. The molecular formula is C15H17FN4O. The van der Waals surface area contributed by atoms with E-state index in [1.165, 1.54) is 12.1 Å². The Balaban J connectivity index is 1.71. The fraction of sp³-hybridized carbons (Fsp3) is 0.333. The van der Waals surface area contributed by atoms with E-state index >= 15 is 0 Å². The van der Waals surface area contributed by atoms with Gasteiger partial charge in [0, 0.05) is 49.8 Å². The zero-order valence-electron chi connectivity index (χ0n) is 11.6. The molecule has 5 nitrogen and oxygen atoms in total. The van der Waals surface area contributed by atoms with Gasteiger partial charge in [-0.1, -0.05) is 0 Å². The molecule has 110 valence electrons. The summed E-state index contributed by atoms with van der Waals surface area (Å²) in [5, 5.41) is 9.38. The largest absolute Gasteiger partial charge is 0.392 e. The third-order valence-corrected chi connectivity index (χ3v) is 3.67. The molecule has 1 fully saturated rings. The zero-order valence-corrected chi connectivity index (χ0v) is 11.6. The first kappa shape index (κ1) is 13.8. The molecule has 21 heavy (non-hydrogen) atoms. The average Bonchev–Trinajstić information content (AvgIpc) is 2.56. The predicted octanol–water partition coefficient (Wildman–Crippen LogP) is 1.43. The van der Waals surface area contributed by atoms with Gasteiger partial charge in [-0.25, -0.2) is 14.4 Å². The topological polar surface area (TPSA) is 52.5 Å². The van der Waals surface area contributed by atoms with Crippen molar-refractivity contribution in [1.29, 1.82) is 0 Å². The lowest BCUT2D eigenvalue weighted by Crippen LogP contribution is -2.47. The van der Waals surface area contributed by atoms with Crippen molar-refractivity contribution in [2.75, 3.05) is 36.0 Å². The first-order valence-corrected chi connectivity index (χ1v) is 6.94.